The molecular formula is C20H14FN3O4. The van der Waals surface area contributed by atoms with Crippen molar-refractivity contribution in [3.63, 3.8) is 0 Å². The number of halogens is 1. The molecule has 2 aromatic carbocycles. The lowest BCUT2D eigenvalue weighted by atomic mass is 10.1. The monoisotopic (exact) mass is 379 g/mol. The van der Waals surface area contributed by atoms with Crippen LogP contribution in [0.1, 0.15) is 20.7 Å². The molecule has 4 rings (SSSR count). The number of aromatic nitrogens is 1. The third kappa shape index (κ3) is 3.75. The van der Waals surface area contributed by atoms with Crippen molar-refractivity contribution in [3.8, 4) is 11.5 Å². The van der Waals surface area contributed by atoms with Crippen LogP contribution >= 0.6 is 0 Å². The van der Waals surface area contributed by atoms with Crippen LogP contribution < -0.4 is 20.1 Å². The van der Waals surface area contributed by atoms with Gasteiger partial charge in [0.2, 0.25) is 6.79 Å². The van der Waals surface area contributed by atoms with E-state index in [-0.39, 0.29) is 17.9 Å². The molecule has 0 aliphatic carbocycles. The van der Waals surface area contributed by atoms with E-state index in [4.69, 9.17) is 9.47 Å². The van der Waals surface area contributed by atoms with Crippen molar-refractivity contribution in [2.45, 2.75) is 0 Å². The Bertz CT molecular complexity index is 1050. The highest BCUT2D eigenvalue weighted by Gasteiger charge is 2.16. The molecule has 0 fully saturated rings. The van der Waals surface area contributed by atoms with Crippen molar-refractivity contribution in [2.24, 2.45) is 0 Å². The predicted octanol–water partition coefficient (Wildman–Crippen LogP) is 3.45. The number of pyridine rings is 1. The second-order valence-electron chi connectivity index (χ2n) is 5.95. The molecule has 0 saturated carbocycles. The molecule has 28 heavy (non-hydrogen) atoms. The van der Waals surface area contributed by atoms with Gasteiger partial charge in [-0.25, -0.2) is 4.39 Å². The molecule has 2 N–H and O–H groups in total. The Morgan fingerprint density at radius 2 is 1.43 bits per heavy atom. The Labute approximate surface area is 159 Å². The number of nitrogens with one attached hydrogen (secondary N) is 2. The van der Waals surface area contributed by atoms with E-state index < -0.39 is 17.6 Å². The number of carbonyl (C=O) groups excluding carboxylic acids is 2. The van der Waals surface area contributed by atoms with Crippen LogP contribution in [0.2, 0.25) is 0 Å². The maximum absolute atomic E-state index is 13.0. The first kappa shape index (κ1) is 17.5. The van der Waals surface area contributed by atoms with Gasteiger partial charge in [0.1, 0.15) is 5.82 Å². The molecule has 0 spiro atoms. The highest BCUT2D eigenvalue weighted by Crippen LogP contribution is 2.34. The summed E-state index contributed by atoms with van der Waals surface area (Å²) in [7, 11) is 0. The van der Waals surface area contributed by atoms with E-state index in [1.54, 1.807) is 18.2 Å². The molecule has 2 amide bonds. The summed E-state index contributed by atoms with van der Waals surface area (Å²) in [4.78, 5) is 28.8. The summed E-state index contributed by atoms with van der Waals surface area (Å²) in [5.74, 6) is -0.135. The lowest BCUT2D eigenvalue weighted by molar-refractivity contribution is 0.102. The van der Waals surface area contributed by atoms with Gasteiger partial charge in [0, 0.05) is 29.8 Å². The lowest BCUT2D eigenvalue weighted by Gasteiger charge is -2.08. The summed E-state index contributed by atoms with van der Waals surface area (Å²) in [5, 5.41) is 5.34. The second kappa shape index (κ2) is 7.36. The number of fused-ring (bicyclic) bond motifs is 1. The van der Waals surface area contributed by atoms with Gasteiger partial charge in [-0.1, -0.05) is 0 Å². The summed E-state index contributed by atoms with van der Waals surface area (Å²) in [6, 6.07) is 11.8. The smallest absolute Gasteiger partial charge is 0.257 e. The summed E-state index contributed by atoms with van der Waals surface area (Å²) in [6.07, 6.45) is 2.70. The highest BCUT2D eigenvalue weighted by atomic mass is 19.1. The van der Waals surface area contributed by atoms with Crippen molar-refractivity contribution in [3.05, 3.63) is 77.9 Å². The van der Waals surface area contributed by atoms with Crippen LogP contribution in [0.3, 0.4) is 0 Å². The zero-order valence-electron chi connectivity index (χ0n) is 14.4. The normalized spacial score (nSPS) is 11.8. The molecule has 3 aromatic rings. The summed E-state index contributed by atoms with van der Waals surface area (Å²) < 4.78 is 23.5. The summed E-state index contributed by atoms with van der Waals surface area (Å²) in [5.41, 5.74) is 1.36. The highest BCUT2D eigenvalue weighted by molar-refractivity contribution is 6.08. The summed E-state index contributed by atoms with van der Waals surface area (Å²) >= 11 is 0. The van der Waals surface area contributed by atoms with Gasteiger partial charge in [0.25, 0.3) is 11.8 Å². The van der Waals surface area contributed by atoms with Crippen LogP contribution in [-0.4, -0.2) is 23.6 Å². The van der Waals surface area contributed by atoms with Crippen LogP contribution in [-0.2, 0) is 0 Å². The van der Waals surface area contributed by atoms with Gasteiger partial charge in [0.15, 0.2) is 11.5 Å². The molecular weight excluding hydrogens is 365 g/mol. The molecule has 2 heterocycles. The van der Waals surface area contributed by atoms with Crippen LogP contribution in [0.15, 0.2) is 60.9 Å². The number of benzene rings is 2. The fourth-order valence-corrected chi connectivity index (χ4v) is 2.60. The largest absolute Gasteiger partial charge is 0.454 e. The molecule has 1 aromatic heterocycles. The number of hydrogen-bond acceptors (Lipinski definition) is 5. The standard InChI is InChI=1S/C20H14FN3O4/c21-14-1-3-15(4-2-14)23-19(25)12-7-13(10-22-9-12)20(26)24-16-5-6-17-18(8-16)28-11-27-17/h1-10H,11H2,(H,23,25)(H,24,26). The van der Waals surface area contributed by atoms with Crippen LogP contribution in [0.4, 0.5) is 15.8 Å². The maximum atomic E-state index is 13.0. The van der Waals surface area contributed by atoms with E-state index >= 15 is 0 Å². The number of ether oxygens (including phenoxy) is 2. The molecule has 7 nitrogen and oxygen atoms in total. The second-order valence-corrected chi connectivity index (χ2v) is 5.95. The SMILES string of the molecule is O=C(Nc1ccc(F)cc1)c1cncc(C(=O)Nc2ccc3c(c2)OCO3)c1. The Kier molecular flexibility index (Phi) is 4.59. The Morgan fingerprint density at radius 3 is 2.14 bits per heavy atom. The third-order valence-electron chi connectivity index (χ3n) is 4.00. The third-order valence-corrected chi connectivity index (χ3v) is 4.00. The van der Waals surface area contributed by atoms with E-state index in [1.165, 1.54) is 42.7 Å². The minimum atomic E-state index is -0.461. The molecule has 0 radical (unpaired) electrons. The van der Waals surface area contributed by atoms with Crippen molar-refractivity contribution in [1.82, 2.24) is 4.98 Å². The van der Waals surface area contributed by atoms with Gasteiger partial charge < -0.3 is 20.1 Å². The van der Waals surface area contributed by atoms with Crippen molar-refractivity contribution < 1.29 is 23.5 Å². The molecule has 140 valence electrons. The van der Waals surface area contributed by atoms with Gasteiger partial charge >= 0.3 is 0 Å². The quantitative estimate of drug-likeness (QED) is 0.725. The van der Waals surface area contributed by atoms with Crippen LogP contribution in [0.5, 0.6) is 11.5 Å². The fraction of sp³-hybridized carbons (Fsp3) is 0.0500. The Morgan fingerprint density at radius 1 is 0.821 bits per heavy atom. The van der Waals surface area contributed by atoms with E-state index in [0.29, 0.717) is 22.9 Å². The molecule has 0 saturated heterocycles. The Balaban J connectivity index is 1.47. The minimum absolute atomic E-state index is 0.141. The molecule has 0 unspecified atom stereocenters. The van der Waals surface area contributed by atoms with Gasteiger partial charge in [0.05, 0.1) is 11.1 Å². The number of carbonyl (C=O) groups is 2. The topological polar surface area (TPSA) is 89.6 Å². The zero-order valence-corrected chi connectivity index (χ0v) is 14.4. The van der Waals surface area contributed by atoms with Crippen molar-refractivity contribution >= 4 is 23.2 Å². The van der Waals surface area contributed by atoms with Crippen LogP contribution in [0.25, 0.3) is 0 Å². The average Bonchev–Trinajstić information content (AvgIpc) is 3.17. The average molecular weight is 379 g/mol. The summed E-state index contributed by atoms with van der Waals surface area (Å²) in [6.45, 7) is 0.141. The van der Waals surface area contributed by atoms with E-state index in [9.17, 15) is 14.0 Å². The van der Waals surface area contributed by atoms with Gasteiger partial charge in [-0.2, -0.15) is 0 Å². The number of hydrogen-bond donors (Lipinski definition) is 2. The number of rotatable bonds is 4. The zero-order chi connectivity index (χ0) is 19.5. The molecule has 0 bridgehead atoms. The number of nitrogens with zero attached hydrogens (tertiary/aromatic N) is 1. The van der Waals surface area contributed by atoms with Crippen molar-refractivity contribution in [1.29, 1.82) is 0 Å². The van der Waals surface area contributed by atoms with Gasteiger partial charge in [-0.15, -0.1) is 0 Å². The van der Waals surface area contributed by atoms with Crippen LogP contribution in [0, 0.1) is 5.82 Å². The molecule has 1 aliphatic heterocycles. The number of amides is 2. The van der Waals surface area contributed by atoms with Crippen molar-refractivity contribution in [2.75, 3.05) is 17.4 Å². The van der Waals surface area contributed by atoms with E-state index in [1.807, 2.05) is 0 Å². The molecule has 1 aliphatic rings. The number of anilines is 2. The predicted molar refractivity (Wildman–Crippen MR) is 99.1 cm³/mol. The fourth-order valence-electron chi connectivity index (χ4n) is 2.60. The minimum Gasteiger partial charge on any atom is -0.454 e. The first-order valence-electron chi connectivity index (χ1n) is 8.31. The first-order valence-corrected chi connectivity index (χ1v) is 8.31. The van der Waals surface area contributed by atoms with E-state index in [0.717, 1.165) is 0 Å². The lowest BCUT2D eigenvalue weighted by Crippen LogP contribution is -2.16. The molecule has 0 atom stereocenters. The first-order chi connectivity index (χ1) is 13.6. The van der Waals surface area contributed by atoms with Gasteiger partial charge in [-0.05, 0) is 42.5 Å². The Hall–Kier alpha value is -3.94. The van der Waals surface area contributed by atoms with E-state index in [2.05, 4.69) is 15.6 Å². The maximum Gasteiger partial charge on any atom is 0.257 e. The molecule has 8 heteroatoms. The van der Waals surface area contributed by atoms with Gasteiger partial charge in [-0.3, -0.25) is 14.6 Å².